The van der Waals surface area contributed by atoms with Crippen molar-refractivity contribution in [2.45, 2.75) is 133 Å². The van der Waals surface area contributed by atoms with Gasteiger partial charge in [0.25, 0.3) is 8.32 Å². The summed E-state index contributed by atoms with van der Waals surface area (Å²) >= 11 is 18.7. The Hall–Kier alpha value is -5.23. The van der Waals surface area contributed by atoms with Gasteiger partial charge in [-0.1, -0.05) is 205 Å². The quantitative estimate of drug-likeness (QED) is 0.0329. The molecular weight excluding hydrogens is 1130 g/mol. The maximum absolute atomic E-state index is 15.5. The molecule has 0 aliphatic carbocycles. The van der Waals surface area contributed by atoms with Gasteiger partial charge in [0, 0.05) is 28.7 Å². The Labute approximate surface area is 493 Å². The Kier molecular flexibility index (Phi) is 21.8. The van der Waals surface area contributed by atoms with Crippen molar-refractivity contribution in [3.63, 3.8) is 0 Å². The highest BCUT2D eigenvalue weighted by atomic mass is 35.5. The van der Waals surface area contributed by atoms with Crippen LogP contribution in [0.25, 0.3) is 0 Å². The predicted octanol–water partition coefficient (Wildman–Crippen LogP) is 12.5. The van der Waals surface area contributed by atoms with E-state index in [4.69, 9.17) is 62.9 Å². The number of carbonyl (C=O) groups is 3. The molecule has 17 heteroatoms. The molecule has 1 saturated heterocycles. The van der Waals surface area contributed by atoms with Crippen molar-refractivity contribution in [1.29, 1.82) is 0 Å². The van der Waals surface area contributed by atoms with Crippen molar-refractivity contribution in [2.75, 3.05) is 13.7 Å². The molecule has 432 valence electrons. The number of carbonyl (C=O) groups excluding carboxylic acids is 3. The molecule has 0 radical (unpaired) electrons. The molecule has 1 aliphatic rings. The third-order valence-electron chi connectivity index (χ3n) is 15.6. The smallest absolute Gasteiger partial charge is 0.348 e. The molecule has 0 saturated carbocycles. The number of aliphatic hydroxyl groups is 1. The first-order chi connectivity index (χ1) is 38.5. The number of hydrogen-bond donors (Lipinski definition) is 1. The maximum atomic E-state index is 15.5. The second-order valence-electron chi connectivity index (χ2n) is 22.5. The van der Waals surface area contributed by atoms with Crippen LogP contribution < -0.4 is 15.1 Å². The lowest BCUT2D eigenvalue weighted by Gasteiger charge is -2.45. The van der Waals surface area contributed by atoms with Crippen molar-refractivity contribution in [2.24, 2.45) is 17.3 Å². The first kappa shape index (κ1) is 63.3. The molecule has 0 spiro atoms. The number of ketones is 1. The lowest BCUT2D eigenvalue weighted by molar-refractivity contribution is -0.168. The molecule has 1 fully saturated rings. The van der Waals surface area contributed by atoms with E-state index in [-0.39, 0.29) is 69.6 Å². The number of hydrogen-bond acceptors (Lipinski definition) is 12. The molecule has 81 heavy (non-hydrogen) atoms. The van der Waals surface area contributed by atoms with E-state index in [1.54, 1.807) is 32.2 Å². The van der Waals surface area contributed by atoms with E-state index in [0.29, 0.717) is 5.75 Å². The van der Waals surface area contributed by atoms with E-state index in [1.807, 2.05) is 112 Å². The van der Waals surface area contributed by atoms with E-state index in [1.165, 1.54) is 24.3 Å². The first-order valence-corrected chi connectivity index (χ1v) is 31.8. The van der Waals surface area contributed by atoms with Crippen molar-refractivity contribution in [1.82, 2.24) is 0 Å². The summed E-state index contributed by atoms with van der Waals surface area (Å²) in [5.41, 5.74) is 0.351. The molecule has 0 aromatic heterocycles. The average Bonchev–Trinajstić information content (AvgIpc) is 3.40. The highest BCUT2D eigenvalue weighted by Gasteiger charge is 2.52. The third kappa shape index (κ3) is 15.5. The van der Waals surface area contributed by atoms with Crippen LogP contribution in [0.3, 0.4) is 0 Å². The molecule has 1 heterocycles. The highest BCUT2D eigenvalue weighted by Crippen LogP contribution is 2.41. The van der Waals surface area contributed by atoms with E-state index in [9.17, 15) is 14.7 Å². The molecular formula is C64H73Cl3O12SSi. The summed E-state index contributed by atoms with van der Waals surface area (Å²) in [6, 6.07) is 47.5. The standard InChI is InChI=1S/C64H73Cl3O12SSi/c1-42(33-58(76-40-45-29-31-47(74-8)32-30-45)64(6,7)57(68)41-77-81(63(3,4)5,50-25-17-11-18-26-50)51-27-19-12-20-28-51)61(70)56(80(72,73)49-23-15-10-16-24-49)37-48-36-54(75-39-44-21-13-9-14-22-44)43(2)55(78-48)38-59(69)79-62(71)60-52(66)34-46(65)35-53(60)67/h9-32,34-35,42-43,48,54-58,68H,33,36-41H2,1-8H3/t42-,43-,48+,54+,55+,56?,57-,58-/m1/s1. The normalized spacial score (nSPS) is 18.5. The molecule has 6 aromatic carbocycles. The summed E-state index contributed by atoms with van der Waals surface area (Å²) in [5, 5.41) is 12.6. The molecule has 7 rings (SSSR count). The van der Waals surface area contributed by atoms with Crippen molar-refractivity contribution in [3.05, 3.63) is 189 Å². The van der Waals surface area contributed by atoms with Gasteiger partial charge in [0.05, 0.1) is 84.4 Å². The minimum atomic E-state index is -4.43. The Morgan fingerprint density at radius 2 is 1.28 bits per heavy atom. The average molecular weight is 1200 g/mol. The van der Waals surface area contributed by atoms with E-state index in [0.717, 1.165) is 21.5 Å². The molecule has 1 unspecified atom stereocenters. The molecule has 1 N–H and O–H groups in total. The largest absolute Gasteiger partial charge is 0.497 e. The second kappa shape index (κ2) is 27.9. The monoisotopic (exact) mass is 1200 g/mol. The van der Waals surface area contributed by atoms with E-state index < -0.39 is 95.3 Å². The molecule has 1 aliphatic heterocycles. The molecule has 6 aromatic rings. The number of benzene rings is 6. The number of ether oxygens (including phenoxy) is 5. The maximum Gasteiger partial charge on any atom is 0.348 e. The Morgan fingerprint density at radius 1 is 0.753 bits per heavy atom. The van der Waals surface area contributed by atoms with Gasteiger partial charge >= 0.3 is 11.9 Å². The highest BCUT2D eigenvalue weighted by molar-refractivity contribution is 7.92. The predicted molar refractivity (Wildman–Crippen MR) is 320 cm³/mol. The topological polar surface area (TPSA) is 161 Å². The molecule has 12 nitrogen and oxygen atoms in total. The van der Waals surface area contributed by atoms with Crippen LogP contribution >= 0.6 is 34.8 Å². The number of Topliss-reactive ketones (excluding diaryl/α,β-unsaturated/α-hetero) is 1. The minimum absolute atomic E-state index is 0.00852. The summed E-state index contributed by atoms with van der Waals surface area (Å²) in [4.78, 5) is 42.4. The fourth-order valence-corrected chi connectivity index (χ4v) is 18.1. The SMILES string of the molecule is COc1ccc(CO[C@H](C[C@@H](C)C(=O)C(C[C@@H]2C[C@H](OCc3ccccc3)[C@@H](C)[C@H](CC(=O)OC(=O)c3c(Cl)cc(Cl)cc3Cl)O2)S(=O)(=O)c2ccccc2)C(C)(C)[C@H](O)CO[Si](c2ccccc2)(c2ccccc2)C(C)(C)C)cc1. The number of halogens is 3. The van der Waals surface area contributed by atoms with Gasteiger partial charge in [0.2, 0.25) is 0 Å². The number of sulfone groups is 1. The van der Waals surface area contributed by atoms with Crippen LogP contribution in [0.5, 0.6) is 5.75 Å². The van der Waals surface area contributed by atoms with Gasteiger partial charge in [-0.25, -0.2) is 13.2 Å². The summed E-state index contributed by atoms with van der Waals surface area (Å²) in [7, 11) is -5.97. The van der Waals surface area contributed by atoms with Crippen molar-refractivity contribution >= 4 is 81.1 Å². The summed E-state index contributed by atoms with van der Waals surface area (Å²) in [5.74, 6) is -3.42. The summed E-state index contributed by atoms with van der Waals surface area (Å²) in [6.45, 7) is 14.0. The van der Waals surface area contributed by atoms with Crippen molar-refractivity contribution in [3.8, 4) is 5.75 Å². The van der Waals surface area contributed by atoms with Crippen LogP contribution in [0, 0.1) is 17.3 Å². The Balaban J connectivity index is 1.20. The number of rotatable bonds is 25. The first-order valence-electron chi connectivity index (χ1n) is 27.2. The zero-order valence-corrected chi connectivity index (χ0v) is 51.1. The minimum Gasteiger partial charge on any atom is -0.497 e. The van der Waals surface area contributed by atoms with Crippen molar-refractivity contribution < 1.29 is 56.0 Å². The number of esters is 2. The van der Waals surface area contributed by atoms with E-state index >= 15 is 13.2 Å². The molecule has 8 atom stereocenters. The summed E-state index contributed by atoms with van der Waals surface area (Å²) < 4.78 is 68.2. The summed E-state index contributed by atoms with van der Waals surface area (Å²) in [6.07, 6.45) is -5.08. The van der Waals surface area contributed by atoms with Crippen LogP contribution in [0.1, 0.15) is 95.6 Å². The molecule has 0 amide bonds. The second-order valence-corrected chi connectivity index (χ2v) is 30.2. The number of methoxy groups -OCH3 is 1. The van der Waals surface area contributed by atoms with Crippen LogP contribution in [-0.2, 0) is 56.0 Å². The molecule has 0 bridgehead atoms. The van der Waals surface area contributed by atoms with E-state index in [2.05, 4.69) is 45.0 Å². The lowest BCUT2D eigenvalue weighted by Crippen LogP contribution is -2.67. The van der Waals surface area contributed by atoms with Crippen LogP contribution in [-0.4, -0.2) is 89.1 Å². The van der Waals surface area contributed by atoms with Crippen LogP contribution in [0.2, 0.25) is 20.1 Å². The van der Waals surface area contributed by atoms with Gasteiger partial charge in [0.1, 0.15) is 11.0 Å². The van der Waals surface area contributed by atoms with Crippen LogP contribution in [0.15, 0.2) is 163 Å². The number of aliphatic hydroxyl groups excluding tert-OH is 1. The zero-order chi connectivity index (χ0) is 58.7. The van der Waals surface area contributed by atoms with Crippen LogP contribution in [0.4, 0.5) is 0 Å². The fraction of sp³-hybridized carbons (Fsp3) is 0.391. The van der Waals surface area contributed by atoms with Gasteiger partial charge in [0.15, 0.2) is 15.6 Å². The van der Waals surface area contributed by atoms with Gasteiger partial charge in [-0.3, -0.25) is 9.59 Å². The van der Waals surface area contributed by atoms with Gasteiger partial charge in [-0.2, -0.15) is 0 Å². The Morgan fingerprint density at radius 3 is 1.83 bits per heavy atom. The zero-order valence-electron chi connectivity index (χ0n) is 47.1. The third-order valence-corrected chi connectivity index (χ3v) is 23.5. The van der Waals surface area contributed by atoms with Gasteiger partial charge in [-0.05, 0) is 75.8 Å². The van der Waals surface area contributed by atoms with Gasteiger partial charge in [-0.15, -0.1) is 0 Å². The lowest BCUT2D eigenvalue weighted by atomic mass is 9.76. The fourth-order valence-electron chi connectivity index (χ4n) is 10.7. The van der Waals surface area contributed by atoms with Gasteiger partial charge < -0.3 is 33.2 Å². The Bertz CT molecular complexity index is 3080.